The Balaban J connectivity index is 2.34. The van der Waals surface area contributed by atoms with Gasteiger partial charge in [0.05, 0.1) is 6.26 Å². The number of rotatable bonds is 3. The molecule has 0 amide bonds. The van der Waals surface area contributed by atoms with Crippen molar-refractivity contribution in [3.8, 4) is 0 Å². The van der Waals surface area contributed by atoms with Crippen molar-refractivity contribution >= 4 is 11.0 Å². The van der Waals surface area contributed by atoms with E-state index >= 15 is 0 Å². The van der Waals surface area contributed by atoms with Gasteiger partial charge < -0.3 is 14.8 Å². The molecule has 0 aliphatic heterocycles. The summed E-state index contributed by atoms with van der Waals surface area (Å²) in [6.07, 6.45) is -4.75. The van der Waals surface area contributed by atoms with Crippen LogP contribution in [0.1, 0.15) is 11.7 Å². The maximum Gasteiger partial charge on any atom is 0.406 e. The van der Waals surface area contributed by atoms with Crippen LogP contribution in [0.25, 0.3) is 11.0 Å². The molecule has 0 fully saturated rings. The molecule has 6 heteroatoms. The zero-order valence-electron chi connectivity index (χ0n) is 9.53. The first-order valence-electron chi connectivity index (χ1n) is 5.32. The van der Waals surface area contributed by atoms with Crippen LogP contribution < -0.4 is 5.32 Å². The van der Waals surface area contributed by atoms with E-state index in [-0.39, 0.29) is 5.56 Å². The van der Waals surface area contributed by atoms with Crippen LogP contribution in [0.4, 0.5) is 13.2 Å². The number of hydrogen-bond acceptors (Lipinski definition) is 3. The highest BCUT2D eigenvalue weighted by molar-refractivity contribution is 5.77. The van der Waals surface area contributed by atoms with Gasteiger partial charge in [0.2, 0.25) is 0 Å². The maximum absolute atomic E-state index is 12.7. The monoisotopic (exact) mass is 259 g/mol. The number of furan rings is 1. The fourth-order valence-electron chi connectivity index (χ4n) is 1.85. The number of aliphatic hydroxyl groups is 1. The lowest BCUT2D eigenvalue weighted by atomic mass is 10.0. The Hall–Kier alpha value is -1.53. The van der Waals surface area contributed by atoms with Crippen LogP contribution >= 0.6 is 0 Å². The van der Waals surface area contributed by atoms with E-state index in [4.69, 9.17) is 4.42 Å². The lowest BCUT2D eigenvalue weighted by Gasteiger charge is -2.25. The van der Waals surface area contributed by atoms with E-state index in [2.05, 4.69) is 5.32 Å². The van der Waals surface area contributed by atoms with Crippen molar-refractivity contribution in [3.05, 3.63) is 36.1 Å². The van der Waals surface area contributed by atoms with Gasteiger partial charge in [-0.05, 0) is 24.7 Å². The van der Waals surface area contributed by atoms with Gasteiger partial charge in [0, 0.05) is 5.39 Å². The smallest absolute Gasteiger partial charge is 0.406 e. The van der Waals surface area contributed by atoms with Crippen LogP contribution in [-0.4, -0.2) is 24.4 Å². The van der Waals surface area contributed by atoms with E-state index in [1.165, 1.54) is 18.4 Å². The van der Waals surface area contributed by atoms with E-state index < -0.39 is 18.3 Å². The van der Waals surface area contributed by atoms with Crippen molar-refractivity contribution in [2.24, 2.45) is 0 Å². The van der Waals surface area contributed by atoms with Crippen molar-refractivity contribution in [2.75, 3.05) is 7.05 Å². The number of likely N-dealkylation sites (N-methyl/N-ethyl adjacent to an activating group) is 1. The SMILES string of the molecule is CNC(C(O)c1ccc2ccoc2c1)C(F)(F)F. The molecule has 0 radical (unpaired) electrons. The molecule has 2 atom stereocenters. The number of fused-ring (bicyclic) bond motifs is 1. The quantitative estimate of drug-likeness (QED) is 0.890. The first-order valence-corrected chi connectivity index (χ1v) is 5.32. The van der Waals surface area contributed by atoms with E-state index in [9.17, 15) is 18.3 Å². The molecule has 2 unspecified atom stereocenters. The van der Waals surface area contributed by atoms with Gasteiger partial charge in [0.25, 0.3) is 0 Å². The van der Waals surface area contributed by atoms with Crippen molar-refractivity contribution in [1.29, 1.82) is 0 Å². The van der Waals surface area contributed by atoms with Crippen LogP contribution in [0.5, 0.6) is 0 Å². The van der Waals surface area contributed by atoms with Gasteiger partial charge in [0.15, 0.2) is 0 Å². The van der Waals surface area contributed by atoms with Crippen LogP contribution in [-0.2, 0) is 0 Å². The van der Waals surface area contributed by atoms with Crippen LogP contribution in [0.3, 0.4) is 0 Å². The summed E-state index contributed by atoms with van der Waals surface area (Å²) in [5.41, 5.74) is 0.609. The number of hydrogen-bond donors (Lipinski definition) is 2. The number of alkyl halides is 3. The normalized spacial score (nSPS) is 15.8. The van der Waals surface area contributed by atoms with Crippen molar-refractivity contribution in [2.45, 2.75) is 18.3 Å². The first kappa shape index (κ1) is 12.9. The third-order valence-electron chi connectivity index (χ3n) is 2.80. The van der Waals surface area contributed by atoms with Crippen molar-refractivity contribution in [1.82, 2.24) is 5.32 Å². The number of halogens is 3. The zero-order chi connectivity index (χ0) is 13.3. The first-order chi connectivity index (χ1) is 8.43. The average Bonchev–Trinajstić information content (AvgIpc) is 2.74. The lowest BCUT2D eigenvalue weighted by Crippen LogP contribution is -2.44. The molecule has 3 nitrogen and oxygen atoms in total. The Morgan fingerprint density at radius 3 is 2.61 bits per heavy atom. The summed E-state index contributed by atoms with van der Waals surface area (Å²) in [5.74, 6) is 0. The summed E-state index contributed by atoms with van der Waals surface area (Å²) in [4.78, 5) is 0. The summed E-state index contributed by atoms with van der Waals surface area (Å²) in [6.45, 7) is 0. The van der Waals surface area contributed by atoms with E-state index in [0.29, 0.717) is 5.58 Å². The lowest BCUT2D eigenvalue weighted by molar-refractivity contribution is -0.177. The third-order valence-corrected chi connectivity index (χ3v) is 2.80. The highest BCUT2D eigenvalue weighted by Gasteiger charge is 2.43. The van der Waals surface area contributed by atoms with E-state index in [1.807, 2.05) is 0 Å². The zero-order valence-corrected chi connectivity index (χ0v) is 9.53. The fraction of sp³-hybridized carbons (Fsp3) is 0.333. The minimum Gasteiger partial charge on any atom is -0.464 e. The van der Waals surface area contributed by atoms with Gasteiger partial charge in [-0.15, -0.1) is 0 Å². The van der Waals surface area contributed by atoms with Gasteiger partial charge >= 0.3 is 6.18 Å². The topological polar surface area (TPSA) is 45.4 Å². The van der Waals surface area contributed by atoms with E-state index in [0.717, 1.165) is 12.4 Å². The standard InChI is InChI=1S/C12H12F3NO2/c1-16-11(12(13,14)15)10(17)8-3-2-7-4-5-18-9(7)6-8/h2-6,10-11,16-17H,1H3. The Bertz CT molecular complexity index is 535. The predicted molar refractivity (Wildman–Crippen MR) is 60.1 cm³/mol. The minimum atomic E-state index is -4.52. The predicted octanol–water partition coefficient (Wildman–Crippen LogP) is 2.62. The summed E-state index contributed by atoms with van der Waals surface area (Å²) in [7, 11) is 1.16. The summed E-state index contributed by atoms with van der Waals surface area (Å²) in [6, 6.07) is 4.17. The molecule has 0 saturated heterocycles. The molecule has 1 heterocycles. The maximum atomic E-state index is 12.7. The fourth-order valence-corrected chi connectivity index (χ4v) is 1.85. The second kappa shape index (κ2) is 4.62. The van der Waals surface area contributed by atoms with Crippen molar-refractivity contribution < 1.29 is 22.7 Å². The molecule has 1 aromatic heterocycles. The number of benzene rings is 1. The average molecular weight is 259 g/mol. The molecule has 0 bridgehead atoms. The van der Waals surface area contributed by atoms with Gasteiger partial charge in [-0.25, -0.2) is 0 Å². The molecule has 0 saturated carbocycles. The molecule has 0 aliphatic carbocycles. The highest BCUT2D eigenvalue weighted by atomic mass is 19.4. The molecule has 2 N–H and O–H groups in total. The van der Waals surface area contributed by atoms with Crippen molar-refractivity contribution in [3.63, 3.8) is 0 Å². The largest absolute Gasteiger partial charge is 0.464 e. The summed E-state index contributed by atoms with van der Waals surface area (Å²) >= 11 is 0. The molecule has 18 heavy (non-hydrogen) atoms. The Kier molecular flexibility index (Phi) is 3.32. The summed E-state index contributed by atoms with van der Waals surface area (Å²) in [5, 5.41) is 12.6. The summed E-state index contributed by atoms with van der Waals surface area (Å²) < 4.78 is 43.1. The van der Waals surface area contributed by atoms with Gasteiger partial charge in [-0.3, -0.25) is 0 Å². The van der Waals surface area contributed by atoms with Crippen LogP contribution in [0, 0.1) is 0 Å². The Labute approximate surface area is 101 Å². The molecular formula is C12H12F3NO2. The number of aliphatic hydroxyl groups excluding tert-OH is 1. The highest BCUT2D eigenvalue weighted by Crippen LogP contribution is 2.31. The minimum absolute atomic E-state index is 0.161. The number of nitrogens with one attached hydrogen (secondary N) is 1. The molecule has 0 aliphatic rings. The molecule has 1 aromatic carbocycles. The second-order valence-electron chi connectivity index (χ2n) is 3.97. The van der Waals surface area contributed by atoms with Crippen LogP contribution in [0.2, 0.25) is 0 Å². The van der Waals surface area contributed by atoms with Gasteiger partial charge in [-0.2, -0.15) is 13.2 Å². The van der Waals surface area contributed by atoms with Gasteiger partial charge in [0.1, 0.15) is 17.7 Å². The Morgan fingerprint density at radius 1 is 1.28 bits per heavy atom. The Morgan fingerprint density at radius 2 is 2.00 bits per heavy atom. The molecule has 2 rings (SSSR count). The molecular weight excluding hydrogens is 247 g/mol. The second-order valence-corrected chi connectivity index (χ2v) is 3.97. The van der Waals surface area contributed by atoms with Gasteiger partial charge in [-0.1, -0.05) is 12.1 Å². The molecule has 98 valence electrons. The molecule has 2 aromatic rings. The van der Waals surface area contributed by atoms with E-state index in [1.54, 1.807) is 12.1 Å². The molecule has 0 spiro atoms. The third kappa shape index (κ3) is 2.34. The van der Waals surface area contributed by atoms with Crippen LogP contribution in [0.15, 0.2) is 34.9 Å².